The Morgan fingerprint density at radius 2 is 1.21 bits per heavy atom. The number of aromatic nitrogens is 1. The van der Waals surface area contributed by atoms with Crippen LogP contribution in [0.1, 0.15) is 28.4 Å². The van der Waals surface area contributed by atoms with Gasteiger partial charge in [0.15, 0.2) is 0 Å². The summed E-state index contributed by atoms with van der Waals surface area (Å²) in [6.07, 6.45) is 0. The fraction of sp³-hybridized carbons (Fsp3) is 0.267. The van der Waals surface area contributed by atoms with Gasteiger partial charge in [-0.25, -0.2) is 0 Å². The first kappa shape index (κ1) is 21.7. The van der Waals surface area contributed by atoms with Crippen molar-refractivity contribution in [1.29, 1.82) is 0 Å². The smallest absolute Gasteiger partial charge is 0.0602 e. The van der Waals surface area contributed by atoms with E-state index in [1.54, 1.807) is 0 Å². The summed E-state index contributed by atoms with van der Waals surface area (Å²) in [5.41, 5.74) is 8.14. The molecule has 1 aliphatic rings. The molecule has 33 heavy (non-hydrogen) atoms. The number of hydrogen-bond acceptors (Lipinski definition) is 2. The fourth-order valence-electron chi connectivity index (χ4n) is 5.11. The number of benzene rings is 3. The van der Waals surface area contributed by atoms with Gasteiger partial charge in [0.1, 0.15) is 0 Å². The van der Waals surface area contributed by atoms with Gasteiger partial charge in [-0.05, 0) is 35.2 Å². The molecule has 1 aliphatic heterocycles. The highest BCUT2D eigenvalue weighted by Gasteiger charge is 2.26. The molecule has 3 nitrogen and oxygen atoms in total. The molecule has 0 saturated carbocycles. The Kier molecular flexibility index (Phi) is 6.43. The minimum Gasteiger partial charge on any atom is -0.348 e. The summed E-state index contributed by atoms with van der Waals surface area (Å²) in [6.45, 7) is 7.59. The van der Waals surface area contributed by atoms with Crippen LogP contribution < -0.4 is 0 Å². The quantitative estimate of drug-likeness (QED) is 0.373. The SMILES string of the molecule is Cc1c(CN2CCN(C(c3ccccc3)c3ccccc3)CC2)cc(-c2ccccc2)n1C. The third-order valence-corrected chi connectivity index (χ3v) is 7.11. The zero-order valence-corrected chi connectivity index (χ0v) is 19.7. The van der Waals surface area contributed by atoms with Crippen molar-refractivity contribution in [3.8, 4) is 11.3 Å². The third kappa shape index (κ3) is 4.66. The Morgan fingerprint density at radius 1 is 0.697 bits per heavy atom. The summed E-state index contributed by atoms with van der Waals surface area (Å²) in [6, 6.07) is 35.3. The average Bonchev–Trinajstić information content (AvgIpc) is 3.16. The number of hydrogen-bond donors (Lipinski definition) is 0. The number of piperazine rings is 1. The molecule has 2 heterocycles. The standard InChI is InChI=1S/C30H33N3/c1-24-28(22-29(31(24)2)25-12-6-3-7-13-25)23-32-18-20-33(21-19-32)30(26-14-8-4-9-15-26)27-16-10-5-11-17-27/h3-17,22,30H,18-21,23H2,1-2H3. The van der Waals surface area contributed by atoms with E-state index in [1.165, 1.54) is 33.6 Å². The molecule has 0 amide bonds. The first-order valence-corrected chi connectivity index (χ1v) is 12.0. The molecule has 0 bridgehead atoms. The molecule has 0 spiro atoms. The van der Waals surface area contributed by atoms with Gasteiger partial charge in [0.05, 0.1) is 6.04 Å². The summed E-state index contributed by atoms with van der Waals surface area (Å²) in [7, 11) is 2.18. The Hall–Kier alpha value is -3.14. The van der Waals surface area contributed by atoms with Gasteiger partial charge in [0.2, 0.25) is 0 Å². The lowest BCUT2D eigenvalue weighted by Crippen LogP contribution is -2.47. The Labute approximate surface area is 197 Å². The van der Waals surface area contributed by atoms with Crippen molar-refractivity contribution in [3.63, 3.8) is 0 Å². The lowest BCUT2D eigenvalue weighted by Gasteiger charge is -2.39. The zero-order valence-electron chi connectivity index (χ0n) is 19.7. The Morgan fingerprint density at radius 3 is 1.76 bits per heavy atom. The Balaban J connectivity index is 1.30. The second-order valence-corrected chi connectivity index (χ2v) is 9.10. The van der Waals surface area contributed by atoms with Crippen LogP contribution in [0.5, 0.6) is 0 Å². The maximum atomic E-state index is 2.65. The average molecular weight is 436 g/mol. The van der Waals surface area contributed by atoms with Crippen LogP contribution in [0, 0.1) is 6.92 Å². The van der Waals surface area contributed by atoms with E-state index in [0.717, 1.165) is 32.7 Å². The summed E-state index contributed by atoms with van der Waals surface area (Å²) in [5, 5.41) is 0. The lowest BCUT2D eigenvalue weighted by atomic mass is 9.96. The first-order valence-electron chi connectivity index (χ1n) is 12.0. The molecule has 3 heteroatoms. The highest BCUT2D eigenvalue weighted by atomic mass is 15.3. The van der Waals surface area contributed by atoms with Crippen molar-refractivity contribution >= 4 is 0 Å². The van der Waals surface area contributed by atoms with E-state index in [1.807, 2.05) is 0 Å². The van der Waals surface area contributed by atoms with E-state index in [2.05, 4.69) is 125 Å². The van der Waals surface area contributed by atoms with Crippen LogP contribution in [-0.4, -0.2) is 40.5 Å². The van der Waals surface area contributed by atoms with Gasteiger partial charge in [-0.1, -0.05) is 91.0 Å². The van der Waals surface area contributed by atoms with Crippen LogP contribution in [0.25, 0.3) is 11.3 Å². The molecule has 0 unspecified atom stereocenters. The monoisotopic (exact) mass is 435 g/mol. The molecule has 168 valence electrons. The predicted octanol–water partition coefficient (Wildman–Crippen LogP) is 5.91. The highest BCUT2D eigenvalue weighted by Crippen LogP contribution is 2.30. The van der Waals surface area contributed by atoms with Gasteiger partial charge in [-0.15, -0.1) is 0 Å². The van der Waals surface area contributed by atoms with Crippen LogP contribution in [0.4, 0.5) is 0 Å². The van der Waals surface area contributed by atoms with E-state index in [0.29, 0.717) is 6.04 Å². The maximum Gasteiger partial charge on any atom is 0.0602 e. The van der Waals surface area contributed by atoms with Crippen LogP contribution in [0.15, 0.2) is 97.1 Å². The molecule has 1 saturated heterocycles. The minimum atomic E-state index is 0.317. The van der Waals surface area contributed by atoms with Gasteiger partial charge in [0.25, 0.3) is 0 Å². The molecule has 0 aliphatic carbocycles. The molecule has 0 N–H and O–H groups in total. The second-order valence-electron chi connectivity index (χ2n) is 9.10. The van der Waals surface area contributed by atoms with Crippen molar-refractivity contribution in [2.75, 3.05) is 26.2 Å². The third-order valence-electron chi connectivity index (χ3n) is 7.11. The molecule has 0 atom stereocenters. The predicted molar refractivity (Wildman–Crippen MR) is 137 cm³/mol. The lowest BCUT2D eigenvalue weighted by molar-refractivity contribution is 0.105. The molecule has 0 radical (unpaired) electrons. The molecule has 5 rings (SSSR count). The molecule has 1 aromatic heterocycles. The van der Waals surface area contributed by atoms with Gasteiger partial charge in [-0.2, -0.15) is 0 Å². The van der Waals surface area contributed by atoms with Gasteiger partial charge < -0.3 is 4.57 Å². The van der Waals surface area contributed by atoms with Crippen molar-refractivity contribution in [2.24, 2.45) is 7.05 Å². The molecule has 3 aromatic carbocycles. The van der Waals surface area contributed by atoms with Crippen molar-refractivity contribution in [3.05, 3.63) is 119 Å². The van der Waals surface area contributed by atoms with Crippen molar-refractivity contribution < 1.29 is 0 Å². The van der Waals surface area contributed by atoms with Crippen LogP contribution in [0.2, 0.25) is 0 Å². The van der Waals surface area contributed by atoms with E-state index in [9.17, 15) is 0 Å². The van der Waals surface area contributed by atoms with Gasteiger partial charge in [-0.3, -0.25) is 9.80 Å². The molecule has 4 aromatic rings. The number of nitrogens with zero attached hydrogens (tertiary/aromatic N) is 3. The minimum absolute atomic E-state index is 0.317. The topological polar surface area (TPSA) is 11.4 Å². The fourth-order valence-corrected chi connectivity index (χ4v) is 5.11. The summed E-state index contributed by atoms with van der Waals surface area (Å²) in [5.74, 6) is 0. The van der Waals surface area contributed by atoms with Crippen LogP contribution >= 0.6 is 0 Å². The molecular weight excluding hydrogens is 402 g/mol. The largest absolute Gasteiger partial charge is 0.348 e. The van der Waals surface area contributed by atoms with Crippen LogP contribution in [-0.2, 0) is 13.6 Å². The van der Waals surface area contributed by atoms with E-state index < -0.39 is 0 Å². The van der Waals surface area contributed by atoms with E-state index >= 15 is 0 Å². The maximum absolute atomic E-state index is 2.65. The number of rotatable bonds is 6. The van der Waals surface area contributed by atoms with Crippen molar-refractivity contribution in [1.82, 2.24) is 14.4 Å². The molecule has 1 fully saturated rings. The summed E-state index contributed by atoms with van der Waals surface area (Å²) < 4.78 is 2.34. The Bertz CT molecular complexity index is 1120. The second kappa shape index (κ2) is 9.78. The van der Waals surface area contributed by atoms with Crippen LogP contribution in [0.3, 0.4) is 0 Å². The zero-order chi connectivity index (χ0) is 22.6. The molecular formula is C30H33N3. The normalized spacial score (nSPS) is 15.2. The van der Waals surface area contributed by atoms with Crippen molar-refractivity contribution in [2.45, 2.75) is 19.5 Å². The first-order chi connectivity index (χ1) is 16.2. The highest BCUT2D eigenvalue weighted by molar-refractivity contribution is 5.62. The van der Waals surface area contributed by atoms with Gasteiger partial charge in [0, 0.05) is 51.2 Å². The van der Waals surface area contributed by atoms with E-state index in [4.69, 9.17) is 0 Å². The van der Waals surface area contributed by atoms with Gasteiger partial charge >= 0.3 is 0 Å². The van der Waals surface area contributed by atoms with E-state index in [-0.39, 0.29) is 0 Å². The summed E-state index contributed by atoms with van der Waals surface area (Å²) in [4.78, 5) is 5.26. The summed E-state index contributed by atoms with van der Waals surface area (Å²) >= 11 is 0.